The molecule has 2 aliphatic rings. The SMILES string of the molecule is O=C(O)C(F)(F)F.O=C(O)C(F)(F)F.O=S1(=O)c2ccc(-c3ccc(F)nc3)cc2C2CNCC21. The minimum absolute atomic E-state index is 0.0124. The molecule has 0 saturated carbocycles. The Hall–Kier alpha value is -3.27. The zero-order valence-corrected chi connectivity index (χ0v) is 17.9. The van der Waals surface area contributed by atoms with E-state index >= 15 is 0 Å². The largest absolute Gasteiger partial charge is 0.490 e. The first kappa shape index (κ1) is 28.0. The molecule has 1 aromatic heterocycles. The molecule has 1 fully saturated rings. The van der Waals surface area contributed by atoms with E-state index in [1.807, 2.05) is 6.07 Å². The summed E-state index contributed by atoms with van der Waals surface area (Å²) in [6.45, 7) is 1.19. The Labute approximate surface area is 192 Å². The van der Waals surface area contributed by atoms with Gasteiger partial charge >= 0.3 is 24.3 Å². The molecule has 0 amide bonds. The number of rotatable bonds is 1. The lowest BCUT2D eigenvalue weighted by molar-refractivity contribution is -0.193. The molecule has 4 rings (SSSR count). The zero-order chi connectivity index (χ0) is 26.8. The fourth-order valence-corrected chi connectivity index (χ4v) is 5.41. The second-order valence-electron chi connectivity index (χ2n) is 7.08. The lowest BCUT2D eigenvalue weighted by Gasteiger charge is -2.08. The van der Waals surface area contributed by atoms with Crippen molar-refractivity contribution in [1.82, 2.24) is 10.3 Å². The first-order valence-corrected chi connectivity index (χ1v) is 10.8. The molecule has 8 nitrogen and oxygen atoms in total. The van der Waals surface area contributed by atoms with Crippen molar-refractivity contribution in [3.8, 4) is 11.1 Å². The van der Waals surface area contributed by atoms with E-state index in [-0.39, 0.29) is 11.2 Å². The normalized spacial score (nSPS) is 19.9. The summed E-state index contributed by atoms with van der Waals surface area (Å²) in [5.41, 5.74) is 2.52. The summed E-state index contributed by atoms with van der Waals surface area (Å²) in [4.78, 5) is 21.9. The molecule has 3 heterocycles. The Balaban J connectivity index is 0.000000257. The molecule has 35 heavy (non-hydrogen) atoms. The summed E-state index contributed by atoms with van der Waals surface area (Å²) in [5, 5.41) is 17.0. The monoisotopic (exact) mass is 532 g/mol. The summed E-state index contributed by atoms with van der Waals surface area (Å²) >= 11 is 0. The van der Waals surface area contributed by atoms with Gasteiger partial charge in [-0.25, -0.2) is 23.0 Å². The van der Waals surface area contributed by atoms with Crippen LogP contribution in [0.5, 0.6) is 0 Å². The number of halogens is 7. The van der Waals surface area contributed by atoms with Crippen LogP contribution >= 0.6 is 0 Å². The average Bonchev–Trinajstić information content (AvgIpc) is 3.31. The number of hydrogen-bond donors (Lipinski definition) is 3. The van der Waals surface area contributed by atoms with E-state index in [1.165, 1.54) is 12.3 Å². The number of benzene rings is 1. The number of fused-ring (bicyclic) bond motifs is 3. The van der Waals surface area contributed by atoms with Crippen LogP contribution in [0.1, 0.15) is 11.5 Å². The highest BCUT2D eigenvalue weighted by atomic mass is 32.2. The van der Waals surface area contributed by atoms with Crippen LogP contribution in [0.15, 0.2) is 41.4 Å². The lowest BCUT2D eigenvalue weighted by atomic mass is 9.95. The number of alkyl halides is 6. The molecule has 0 radical (unpaired) electrons. The number of carbonyl (C=O) groups is 2. The van der Waals surface area contributed by atoms with Crippen molar-refractivity contribution in [1.29, 1.82) is 0 Å². The number of nitrogens with one attached hydrogen (secondary N) is 1. The van der Waals surface area contributed by atoms with Crippen molar-refractivity contribution >= 4 is 21.8 Å². The van der Waals surface area contributed by atoms with Crippen molar-refractivity contribution in [2.75, 3.05) is 13.1 Å². The molecule has 1 saturated heterocycles. The zero-order valence-electron chi connectivity index (χ0n) is 17.1. The number of pyridine rings is 1. The number of aromatic nitrogens is 1. The third-order valence-electron chi connectivity index (χ3n) is 4.82. The minimum atomic E-state index is -5.08. The number of sulfone groups is 1. The molecule has 2 atom stereocenters. The quantitative estimate of drug-likeness (QED) is 0.377. The molecule has 0 aliphatic carbocycles. The number of nitrogens with zero attached hydrogens (tertiary/aromatic N) is 1. The van der Waals surface area contributed by atoms with Gasteiger partial charge in [-0.1, -0.05) is 6.07 Å². The van der Waals surface area contributed by atoms with Crippen molar-refractivity contribution < 1.29 is 59.0 Å². The van der Waals surface area contributed by atoms with E-state index in [0.717, 1.165) is 16.7 Å². The van der Waals surface area contributed by atoms with E-state index in [2.05, 4.69) is 10.3 Å². The predicted molar refractivity (Wildman–Crippen MR) is 104 cm³/mol. The summed E-state index contributed by atoms with van der Waals surface area (Å²) in [6, 6.07) is 8.29. The van der Waals surface area contributed by atoms with Crippen molar-refractivity contribution in [3.05, 3.63) is 48.0 Å². The molecule has 2 unspecified atom stereocenters. The minimum Gasteiger partial charge on any atom is -0.475 e. The van der Waals surface area contributed by atoms with Gasteiger partial charge < -0.3 is 15.5 Å². The number of aliphatic carboxylic acids is 2. The number of carboxylic acid groups (broad SMARTS) is 2. The molecule has 2 aromatic rings. The van der Waals surface area contributed by atoms with Gasteiger partial charge in [-0.15, -0.1) is 0 Å². The molecule has 192 valence electrons. The first-order chi connectivity index (χ1) is 16.0. The van der Waals surface area contributed by atoms with Gasteiger partial charge in [0.05, 0.1) is 10.1 Å². The topological polar surface area (TPSA) is 134 Å². The summed E-state index contributed by atoms with van der Waals surface area (Å²) in [5.74, 6) is -6.03. The Kier molecular flexibility index (Phi) is 8.11. The van der Waals surface area contributed by atoms with Crippen LogP contribution in [0.25, 0.3) is 11.1 Å². The van der Waals surface area contributed by atoms with Gasteiger partial charge in [0, 0.05) is 30.8 Å². The molecule has 0 bridgehead atoms. The van der Waals surface area contributed by atoms with Gasteiger partial charge in [0.15, 0.2) is 9.84 Å². The van der Waals surface area contributed by atoms with Crippen LogP contribution in [0, 0.1) is 5.95 Å². The summed E-state index contributed by atoms with van der Waals surface area (Å²) < 4.78 is 101. The number of hydrogen-bond acceptors (Lipinski definition) is 6. The van der Waals surface area contributed by atoms with Crippen molar-refractivity contribution in [2.45, 2.75) is 28.4 Å². The lowest BCUT2D eigenvalue weighted by Crippen LogP contribution is -2.22. The third-order valence-corrected chi connectivity index (χ3v) is 7.10. The molecule has 3 N–H and O–H groups in total. The van der Waals surface area contributed by atoms with E-state index in [9.17, 15) is 39.2 Å². The van der Waals surface area contributed by atoms with Gasteiger partial charge in [-0.2, -0.15) is 30.7 Å². The van der Waals surface area contributed by atoms with E-state index in [1.54, 1.807) is 18.2 Å². The summed E-state index contributed by atoms with van der Waals surface area (Å²) in [6.07, 6.45) is -8.70. The van der Waals surface area contributed by atoms with E-state index in [4.69, 9.17) is 19.8 Å². The van der Waals surface area contributed by atoms with Crippen LogP contribution in [0.2, 0.25) is 0 Å². The molecule has 16 heteroatoms. The second-order valence-corrected chi connectivity index (χ2v) is 9.21. The van der Waals surface area contributed by atoms with Crippen molar-refractivity contribution in [2.24, 2.45) is 0 Å². The standard InChI is InChI=1S/C15H13FN2O2S.2C2HF3O2/c16-15-4-2-10(6-18-15)9-1-3-13-11(5-9)12-7-17-8-14(12)21(13,19)20;2*3-2(4,5)1(6)7/h1-6,12,14,17H,7-8H2;2*(H,6,7). The van der Waals surface area contributed by atoms with Gasteiger partial charge in [0.25, 0.3) is 0 Å². The number of carboxylic acids is 2. The molecular formula is C19H15F7N2O6S. The first-order valence-electron chi connectivity index (χ1n) is 9.27. The smallest absolute Gasteiger partial charge is 0.475 e. The van der Waals surface area contributed by atoms with Crippen LogP contribution in [0.4, 0.5) is 30.7 Å². The fourth-order valence-electron chi connectivity index (χ4n) is 3.28. The maximum Gasteiger partial charge on any atom is 0.490 e. The predicted octanol–water partition coefficient (Wildman–Crippen LogP) is 3.00. The van der Waals surface area contributed by atoms with Crippen LogP contribution < -0.4 is 5.32 Å². The van der Waals surface area contributed by atoms with Gasteiger partial charge in [0.2, 0.25) is 5.95 Å². The van der Waals surface area contributed by atoms with Gasteiger partial charge in [0.1, 0.15) is 0 Å². The molecule has 2 aliphatic heterocycles. The highest BCUT2D eigenvalue weighted by Gasteiger charge is 2.47. The van der Waals surface area contributed by atoms with Crippen LogP contribution in [-0.4, -0.2) is 66.2 Å². The fraction of sp³-hybridized carbons (Fsp3) is 0.316. The maximum absolute atomic E-state index is 12.9. The van der Waals surface area contributed by atoms with Crippen molar-refractivity contribution in [3.63, 3.8) is 0 Å². The Morgan fingerprint density at radius 1 is 0.914 bits per heavy atom. The molecule has 1 aromatic carbocycles. The second kappa shape index (κ2) is 10.2. The Morgan fingerprint density at radius 2 is 1.43 bits per heavy atom. The van der Waals surface area contributed by atoms with Crippen LogP contribution in [-0.2, 0) is 19.4 Å². The highest BCUT2D eigenvalue weighted by molar-refractivity contribution is 7.92. The maximum atomic E-state index is 12.9. The summed E-state index contributed by atoms with van der Waals surface area (Å²) in [7, 11) is -3.23. The average molecular weight is 532 g/mol. The highest BCUT2D eigenvalue weighted by Crippen LogP contribution is 2.43. The van der Waals surface area contributed by atoms with E-state index < -0.39 is 40.1 Å². The Morgan fingerprint density at radius 3 is 1.89 bits per heavy atom. The van der Waals surface area contributed by atoms with E-state index in [0.29, 0.717) is 18.0 Å². The van der Waals surface area contributed by atoms with Gasteiger partial charge in [-0.05, 0) is 35.4 Å². The molecule has 0 spiro atoms. The third kappa shape index (κ3) is 6.66. The van der Waals surface area contributed by atoms with Gasteiger partial charge in [-0.3, -0.25) is 0 Å². The van der Waals surface area contributed by atoms with Crippen LogP contribution in [0.3, 0.4) is 0 Å². The Bertz CT molecular complexity index is 1170. The molecular weight excluding hydrogens is 517 g/mol.